The Balaban J connectivity index is 0.952. The van der Waals surface area contributed by atoms with E-state index in [1.165, 1.54) is 51.4 Å². The van der Waals surface area contributed by atoms with Crippen LogP contribution in [0, 0.1) is 52.3 Å². The number of hydrogen-bond donors (Lipinski definition) is 3. The lowest BCUT2D eigenvalue weighted by Crippen LogP contribution is -2.58. The predicted molar refractivity (Wildman–Crippen MR) is 166 cm³/mol. The normalized spacial score (nSPS) is 46.7. The van der Waals surface area contributed by atoms with Crippen LogP contribution in [0.5, 0.6) is 0 Å². The second-order valence-corrected chi connectivity index (χ2v) is 16.1. The zero-order chi connectivity index (χ0) is 30.0. The lowest BCUT2D eigenvalue weighted by molar-refractivity contribution is -0.137. The molecule has 7 heteroatoms. The number of pyridine rings is 1. The van der Waals surface area contributed by atoms with Gasteiger partial charge in [0.05, 0.1) is 18.3 Å². The number of aromatic nitrogens is 1. The number of amides is 2. The van der Waals surface area contributed by atoms with Crippen molar-refractivity contribution in [3.63, 3.8) is 0 Å². The Kier molecular flexibility index (Phi) is 7.68. The molecule has 1 spiro atoms. The first-order valence-corrected chi connectivity index (χ1v) is 17.5. The van der Waals surface area contributed by atoms with Gasteiger partial charge in [-0.1, -0.05) is 33.8 Å². The Hall–Kier alpha value is -1.99. The summed E-state index contributed by atoms with van der Waals surface area (Å²) in [4.78, 5) is 29.4. The maximum absolute atomic E-state index is 12.8. The molecule has 1 aromatic rings. The fourth-order valence-corrected chi connectivity index (χ4v) is 11.8. The van der Waals surface area contributed by atoms with Crippen molar-refractivity contribution in [1.29, 1.82) is 0 Å². The molecule has 7 rings (SSSR count). The Morgan fingerprint density at radius 3 is 2.58 bits per heavy atom. The topological polar surface area (TPSA) is 92.4 Å². The maximum atomic E-state index is 12.8. The molecule has 2 amide bonds. The number of nitrogens with one attached hydrogen (secondary N) is 3. The van der Waals surface area contributed by atoms with Gasteiger partial charge in [-0.3, -0.25) is 19.9 Å². The van der Waals surface area contributed by atoms with Crippen LogP contribution in [0.15, 0.2) is 24.4 Å². The molecule has 3 N–H and O–H groups in total. The van der Waals surface area contributed by atoms with E-state index < -0.39 is 0 Å². The third-order valence-electron chi connectivity index (χ3n) is 14.0. The number of ether oxygens (including phenoxy) is 1. The summed E-state index contributed by atoms with van der Waals surface area (Å²) < 4.78 is 7.08. The van der Waals surface area contributed by atoms with Crippen LogP contribution in [0.2, 0.25) is 0 Å². The van der Waals surface area contributed by atoms with Crippen molar-refractivity contribution in [2.24, 2.45) is 52.3 Å². The van der Waals surface area contributed by atoms with Crippen molar-refractivity contribution in [1.82, 2.24) is 20.9 Å². The molecule has 0 aromatic carbocycles. The van der Waals surface area contributed by atoms with E-state index in [1.807, 2.05) is 18.2 Å². The zero-order valence-corrected chi connectivity index (χ0v) is 26.9. The van der Waals surface area contributed by atoms with Gasteiger partial charge >= 0.3 is 0 Å². The van der Waals surface area contributed by atoms with Crippen LogP contribution in [-0.4, -0.2) is 41.2 Å². The number of fused-ring (bicyclic) bond motifs is 7. The number of piperidine rings is 1. The quantitative estimate of drug-likeness (QED) is 0.389. The maximum Gasteiger partial charge on any atom is 0.229 e. The Morgan fingerprint density at radius 1 is 0.977 bits per heavy atom. The minimum absolute atomic E-state index is 0.0844. The summed E-state index contributed by atoms with van der Waals surface area (Å²) in [5.74, 6) is 4.65. The van der Waals surface area contributed by atoms with Crippen LogP contribution in [0.1, 0.15) is 104 Å². The number of nitrogens with zero attached hydrogens (tertiary/aromatic N) is 1. The summed E-state index contributed by atoms with van der Waals surface area (Å²) in [6.45, 7) is 11.6. The van der Waals surface area contributed by atoms with Crippen molar-refractivity contribution in [2.75, 3.05) is 6.54 Å². The summed E-state index contributed by atoms with van der Waals surface area (Å²) in [6.07, 6.45) is 14.3. The summed E-state index contributed by atoms with van der Waals surface area (Å²) >= 11 is 0. The van der Waals surface area contributed by atoms with Gasteiger partial charge in [0.15, 0.2) is 0 Å². The lowest BCUT2D eigenvalue weighted by Gasteiger charge is -2.61. The standard InChI is InChI=1S/C36H54N4O3/c1-22-10-15-36(39-20-22)23(2)33-30(43-36)18-29-27-9-8-24-17-25(11-13-34(24,3)28(27)12-14-35(29,33)4)40-32(42)19-31(41)38-21-26-7-5-6-16-37-26/h5-7,16,22-25,27-30,33,39H,8-15,17-21H2,1-4H3,(H,38,41)(H,40,42)/t22-,23+,24-,25-,27-,28+,29+,30+,33+,34+,35+,36-/m1/s1. The van der Waals surface area contributed by atoms with Gasteiger partial charge in [-0.15, -0.1) is 0 Å². The number of rotatable bonds is 5. The van der Waals surface area contributed by atoms with Gasteiger partial charge in [0, 0.05) is 24.7 Å². The molecule has 0 unspecified atom stereocenters. The van der Waals surface area contributed by atoms with Crippen LogP contribution in [0.3, 0.4) is 0 Å². The fourth-order valence-electron chi connectivity index (χ4n) is 11.8. The van der Waals surface area contributed by atoms with Gasteiger partial charge in [-0.05, 0) is 123 Å². The molecule has 43 heavy (non-hydrogen) atoms. The summed E-state index contributed by atoms with van der Waals surface area (Å²) in [5.41, 5.74) is 1.46. The number of carbonyl (C=O) groups excluding carboxylic acids is 2. The highest BCUT2D eigenvalue weighted by Gasteiger charge is 2.68. The number of carbonyl (C=O) groups is 2. The predicted octanol–water partition coefficient (Wildman–Crippen LogP) is 5.59. The minimum Gasteiger partial charge on any atom is -0.357 e. The van der Waals surface area contributed by atoms with Gasteiger partial charge in [0.2, 0.25) is 11.8 Å². The summed E-state index contributed by atoms with van der Waals surface area (Å²) in [5, 5.41) is 9.97. The molecule has 236 valence electrons. The van der Waals surface area contributed by atoms with E-state index in [9.17, 15) is 9.59 Å². The molecule has 1 aromatic heterocycles. The van der Waals surface area contributed by atoms with Crippen molar-refractivity contribution < 1.29 is 14.3 Å². The van der Waals surface area contributed by atoms with Crippen LogP contribution in [-0.2, 0) is 20.9 Å². The van der Waals surface area contributed by atoms with Crippen molar-refractivity contribution in [3.8, 4) is 0 Å². The molecule has 2 aliphatic heterocycles. The molecule has 4 aliphatic carbocycles. The average Bonchev–Trinajstić information content (AvgIpc) is 3.44. The molecule has 0 bridgehead atoms. The second kappa shape index (κ2) is 11.1. The van der Waals surface area contributed by atoms with Gasteiger partial charge in [0.1, 0.15) is 12.1 Å². The van der Waals surface area contributed by atoms with E-state index in [1.54, 1.807) is 6.20 Å². The third-order valence-corrected chi connectivity index (χ3v) is 14.0. The van der Waals surface area contributed by atoms with Crippen LogP contribution in [0.4, 0.5) is 0 Å². The fraction of sp³-hybridized carbons (Fsp3) is 0.806. The zero-order valence-electron chi connectivity index (χ0n) is 26.9. The molecule has 3 heterocycles. The Morgan fingerprint density at radius 2 is 1.81 bits per heavy atom. The van der Waals surface area contributed by atoms with Crippen molar-refractivity contribution >= 4 is 11.8 Å². The van der Waals surface area contributed by atoms with Crippen LogP contribution in [0.25, 0.3) is 0 Å². The Bertz CT molecular complexity index is 1200. The van der Waals surface area contributed by atoms with Gasteiger partial charge in [-0.25, -0.2) is 0 Å². The lowest BCUT2D eigenvalue weighted by atomic mass is 9.44. The molecule has 12 atom stereocenters. The van der Waals surface area contributed by atoms with Crippen LogP contribution >= 0.6 is 0 Å². The van der Waals surface area contributed by atoms with E-state index in [2.05, 4.69) is 48.6 Å². The second-order valence-electron chi connectivity index (χ2n) is 16.1. The largest absolute Gasteiger partial charge is 0.357 e. The SMILES string of the molecule is C[C@@H]1CC[C@@]2(NC1)O[C@H]1C[C@H]3[C@@H]4CC[C@@H]5C[C@H](NC(=O)CC(=O)NCc6ccccn6)CC[C@]5(C)[C@H]4CC[C@]3(C)[C@H]1[C@@H]2C. The smallest absolute Gasteiger partial charge is 0.229 e. The monoisotopic (exact) mass is 590 g/mol. The van der Waals surface area contributed by atoms with Crippen molar-refractivity contribution in [3.05, 3.63) is 30.1 Å². The molecule has 6 fully saturated rings. The molecular weight excluding hydrogens is 536 g/mol. The highest BCUT2D eigenvalue weighted by atomic mass is 16.5. The van der Waals surface area contributed by atoms with E-state index in [0.29, 0.717) is 41.2 Å². The number of hydrogen-bond acceptors (Lipinski definition) is 5. The first kappa shape index (κ1) is 29.7. The first-order valence-electron chi connectivity index (χ1n) is 17.5. The van der Waals surface area contributed by atoms with Gasteiger partial charge in [0.25, 0.3) is 0 Å². The summed E-state index contributed by atoms with van der Waals surface area (Å²) in [6, 6.07) is 5.80. The van der Waals surface area contributed by atoms with Gasteiger partial charge in [-0.2, -0.15) is 0 Å². The van der Waals surface area contributed by atoms with E-state index in [0.717, 1.165) is 48.8 Å². The Labute approximate surface area is 258 Å². The van der Waals surface area contributed by atoms with Crippen LogP contribution < -0.4 is 16.0 Å². The molecule has 2 saturated heterocycles. The van der Waals surface area contributed by atoms with Gasteiger partial charge < -0.3 is 15.4 Å². The molecular formula is C36H54N4O3. The first-order chi connectivity index (χ1) is 20.6. The highest BCUT2D eigenvalue weighted by Crippen LogP contribution is 2.71. The van der Waals surface area contributed by atoms with E-state index in [4.69, 9.17) is 4.74 Å². The third kappa shape index (κ3) is 5.05. The van der Waals surface area contributed by atoms with E-state index in [-0.39, 0.29) is 30.0 Å². The summed E-state index contributed by atoms with van der Waals surface area (Å²) in [7, 11) is 0. The van der Waals surface area contributed by atoms with E-state index >= 15 is 0 Å². The highest BCUT2D eigenvalue weighted by molar-refractivity contribution is 5.96. The average molecular weight is 591 g/mol. The molecule has 4 saturated carbocycles. The molecule has 0 radical (unpaired) electrons. The molecule has 6 aliphatic rings. The van der Waals surface area contributed by atoms with Crippen molar-refractivity contribution in [2.45, 2.75) is 123 Å². The molecule has 7 nitrogen and oxygen atoms in total. The minimum atomic E-state index is -0.242.